The first-order chi connectivity index (χ1) is 5.56. The van der Waals surface area contributed by atoms with E-state index < -0.39 is 0 Å². The van der Waals surface area contributed by atoms with Crippen LogP contribution in [0.5, 0.6) is 0 Å². The number of nitrogens with two attached hydrogens (primary N) is 1. The Morgan fingerprint density at radius 3 is 2.58 bits per heavy atom. The number of hydrogen-bond donors (Lipinski definition) is 1. The number of rotatable bonds is 3. The molecular weight excluding hydrogens is 190 g/mol. The normalized spacial score (nSPS) is 11.9. The van der Waals surface area contributed by atoms with Crippen molar-refractivity contribution in [3.05, 3.63) is 5.01 Å². The van der Waals surface area contributed by atoms with E-state index in [9.17, 15) is 0 Å². The van der Waals surface area contributed by atoms with E-state index in [1.54, 1.807) is 0 Å². The maximum absolute atomic E-state index is 5.51. The average Bonchev–Trinajstić information content (AvgIpc) is 2.36. The first-order valence-electron chi connectivity index (χ1n) is 3.64. The summed E-state index contributed by atoms with van der Waals surface area (Å²) in [6.45, 7) is 4.31. The van der Waals surface area contributed by atoms with Crippen molar-refractivity contribution in [2.24, 2.45) is 0 Å². The van der Waals surface area contributed by atoms with Crippen molar-refractivity contribution < 1.29 is 0 Å². The zero-order valence-corrected chi connectivity index (χ0v) is 9.13. The molecule has 12 heavy (non-hydrogen) atoms. The molecule has 0 saturated heterocycles. The van der Waals surface area contributed by atoms with Gasteiger partial charge in [0.25, 0.3) is 0 Å². The third-order valence-corrected chi connectivity index (χ3v) is 3.65. The molecule has 0 aliphatic heterocycles. The number of aromatic nitrogens is 2. The summed E-state index contributed by atoms with van der Waals surface area (Å²) in [4.78, 5) is 0. The quantitative estimate of drug-likeness (QED) is 0.813. The molecule has 0 radical (unpaired) electrons. The van der Waals surface area contributed by atoms with Crippen LogP contribution in [0.4, 0.5) is 5.13 Å². The van der Waals surface area contributed by atoms with Gasteiger partial charge in [-0.2, -0.15) is 11.8 Å². The largest absolute Gasteiger partial charge is 0.374 e. The van der Waals surface area contributed by atoms with Gasteiger partial charge < -0.3 is 5.73 Å². The summed E-state index contributed by atoms with van der Waals surface area (Å²) >= 11 is 3.29. The number of nitrogen functional groups attached to an aromatic ring is 1. The van der Waals surface area contributed by atoms with E-state index in [4.69, 9.17) is 5.73 Å². The van der Waals surface area contributed by atoms with Crippen molar-refractivity contribution in [3.8, 4) is 0 Å². The average molecular weight is 203 g/mol. The molecule has 0 aliphatic carbocycles. The summed E-state index contributed by atoms with van der Waals surface area (Å²) in [6.07, 6.45) is 2.09. The van der Waals surface area contributed by atoms with Gasteiger partial charge in [-0.25, -0.2) is 0 Å². The molecule has 3 nitrogen and oxygen atoms in total. The first-order valence-corrected chi connectivity index (χ1v) is 5.85. The highest BCUT2D eigenvalue weighted by Gasteiger charge is 2.24. The van der Waals surface area contributed by atoms with Gasteiger partial charge in [0, 0.05) is 11.2 Å². The van der Waals surface area contributed by atoms with E-state index in [2.05, 4.69) is 30.3 Å². The lowest BCUT2D eigenvalue weighted by molar-refractivity contribution is 0.590. The smallest absolute Gasteiger partial charge is 0.203 e. The second kappa shape index (κ2) is 3.62. The Morgan fingerprint density at radius 1 is 1.50 bits per heavy atom. The van der Waals surface area contributed by atoms with E-state index in [-0.39, 0.29) is 5.41 Å². The van der Waals surface area contributed by atoms with Gasteiger partial charge in [-0.15, -0.1) is 10.2 Å². The molecule has 0 atom stereocenters. The van der Waals surface area contributed by atoms with E-state index in [1.165, 1.54) is 11.3 Å². The van der Waals surface area contributed by atoms with Crippen LogP contribution in [0.1, 0.15) is 18.9 Å². The Hall–Kier alpha value is -0.290. The highest BCUT2D eigenvalue weighted by atomic mass is 32.2. The second-order valence-electron chi connectivity index (χ2n) is 3.26. The molecule has 0 saturated carbocycles. The molecule has 0 amide bonds. The molecule has 0 bridgehead atoms. The van der Waals surface area contributed by atoms with Crippen LogP contribution >= 0.6 is 23.1 Å². The molecule has 5 heteroatoms. The van der Waals surface area contributed by atoms with Crippen LogP contribution in [0, 0.1) is 0 Å². The maximum Gasteiger partial charge on any atom is 0.203 e. The van der Waals surface area contributed by atoms with Crippen molar-refractivity contribution in [2.75, 3.05) is 17.7 Å². The number of hydrogen-bond acceptors (Lipinski definition) is 5. The summed E-state index contributed by atoms with van der Waals surface area (Å²) in [5, 5.41) is 9.42. The fraction of sp³-hybridized carbons (Fsp3) is 0.714. The Balaban J connectivity index is 2.81. The van der Waals surface area contributed by atoms with Crippen LogP contribution in [0.2, 0.25) is 0 Å². The lowest BCUT2D eigenvalue weighted by atomic mass is 9.98. The fourth-order valence-corrected chi connectivity index (χ4v) is 2.59. The molecule has 1 aromatic heterocycles. The number of nitrogens with zero attached hydrogens (tertiary/aromatic N) is 2. The van der Waals surface area contributed by atoms with Crippen LogP contribution in [0.3, 0.4) is 0 Å². The van der Waals surface area contributed by atoms with E-state index in [1.807, 2.05) is 11.8 Å². The minimum absolute atomic E-state index is 0.0920. The topological polar surface area (TPSA) is 51.8 Å². The highest BCUT2D eigenvalue weighted by Crippen LogP contribution is 2.29. The second-order valence-corrected chi connectivity index (χ2v) is 5.14. The zero-order chi connectivity index (χ0) is 9.19. The maximum atomic E-state index is 5.51. The van der Waals surface area contributed by atoms with Crippen molar-refractivity contribution in [1.29, 1.82) is 0 Å². The number of thioether (sulfide) groups is 1. The van der Waals surface area contributed by atoms with Crippen LogP contribution in [0.25, 0.3) is 0 Å². The standard InChI is InChI=1S/C7H13N3S2/c1-7(2,4-11-3)5-9-10-6(8)12-5/h4H2,1-3H3,(H2,8,10). The van der Waals surface area contributed by atoms with Crippen molar-refractivity contribution in [1.82, 2.24) is 10.2 Å². The third-order valence-electron chi connectivity index (χ3n) is 1.52. The Morgan fingerprint density at radius 2 is 2.17 bits per heavy atom. The SMILES string of the molecule is CSCC(C)(C)c1nnc(N)s1. The molecule has 68 valence electrons. The summed E-state index contributed by atoms with van der Waals surface area (Å²) in [5.41, 5.74) is 5.60. The van der Waals surface area contributed by atoms with Gasteiger partial charge in [0.05, 0.1) is 0 Å². The van der Waals surface area contributed by atoms with Gasteiger partial charge in [0.1, 0.15) is 5.01 Å². The molecule has 0 aliphatic rings. The summed E-state index contributed by atoms with van der Waals surface area (Å²) in [7, 11) is 0. The summed E-state index contributed by atoms with van der Waals surface area (Å²) in [5.74, 6) is 1.04. The molecule has 0 spiro atoms. The predicted octanol–water partition coefficient (Wildman–Crippen LogP) is 1.76. The van der Waals surface area contributed by atoms with Gasteiger partial charge in [0.15, 0.2) is 0 Å². The highest BCUT2D eigenvalue weighted by molar-refractivity contribution is 7.98. The number of anilines is 1. The summed E-state index contributed by atoms with van der Waals surface area (Å²) in [6, 6.07) is 0. The molecule has 0 fully saturated rings. The van der Waals surface area contributed by atoms with E-state index in [0.717, 1.165) is 10.8 Å². The van der Waals surface area contributed by atoms with Crippen LogP contribution < -0.4 is 5.73 Å². The van der Waals surface area contributed by atoms with Gasteiger partial charge >= 0.3 is 0 Å². The van der Waals surface area contributed by atoms with Gasteiger partial charge in [-0.05, 0) is 6.26 Å². The van der Waals surface area contributed by atoms with Crippen molar-refractivity contribution in [2.45, 2.75) is 19.3 Å². The predicted molar refractivity (Wildman–Crippen MR) is 55.7 cm³/mol. The van der Waals surface area contributed by atoms with Gasteiger partial charge in [-0.1, -0.05) is 25.2 Å². The van der Waals surface area contributed by atoms with Crippen LogP contribution in [-0.2, 0) is 5.41 Å². The van der Waals surface area contributed by atoms with E-state index >= 15 is 0 Å². The van der Waals surface area contributed by atoms with Gasteiger partial charge in [-0.3, -0.25) is 0 Å². The minimum atomic E-state index is 0.0920. The van der Waals surface area contributed by atoms with Crippen molar-refractivity contribution >= 4 is 28.2 Å². The lowest BCUT2D eigenvalue weighted by Gasteiger charge is -2.18. The lowest BCUT2D eigenvalue weighted by Crippen LogP contribution is -2.19. The Labute approximate surface area is 80.8 Å². The minimum Gasteiger partial charge on any atom is -0.374 e. The Kier molecular flexibility index (Phi) is 2.95. The van der Waals surface area contributed by atoms with Crippen LogP contribution in [-0.4, -0.2) is 22.2 Å². The Bertz CT molecular complexity index is 257. The first kappa shape index (κ1) is 9.80. The van der Waals surface area contributed by atoms with Crippen molar-refractivity contribution in [3.63, 3.8) is 0 Å². The van der Waals surface area contributed by atoms with E-state index in [0.29, 0.717) is 5.13 Å². The summed E-state index contributed by atoms with van der Waals surface area (Å²) < 4.78 is 0. The zero-order valence-electron chi connectivity index (χ0n) is 7.50. The molecule has 2 N–H and O–H groups in total. The molecule has 1 heterocycles. The fourth-order valence-electron chi connectivity index (χ4n) is 0.931. The molecule has 0 unspecified atom stereocenters. The third kappa shape index (κ3) is 2.10. The molecule has 1 rings (SSSR count). The molecule has 0 aromatic carbocycles. The molecule has 1 aromatic rings. The van der Waals surface area contributed by atoms with Crippen LogP contribution in [0.15, 0.2) is 0 Å². The molecular formula is C7H13N3S2. The van der Waals surface area contributed by atoms with Gasteiger partial charge in [0.2, 0.25) is 5.13 Å². The monoisotopic (exact) mass is 203 g/mol.